The molecule has 4 aromatic rings. The molecule has 0 fully saturated rings. The molecule has 0 atom stereocenters. The molecular formula is C19H15N5O2S. The first-order chi connectivity index (χ1) is 13.2. The Labute approximate surface area is 158 Å². The Balaban J connectivity index is 1.88. The number of nitrogens with zero attached hydrogens (tertiary/aromatic N) is 3. The van der Waals surface area contributed by atoms with Crippen molar-refractivity contribution in [3.63, 3.8) is 0 Å². The highest BCUT2D eigenvalue weighted by Crippen LogP contribution is 2.28. The summed E-state index contributed by atoms with van der Waals surface area (Å²) in [5, 5.41) is 3.24. The van der Waals surface area contributed by atoms with E-state index >= 15 is 0 Å². The molecule has 0 aliphatic carbocycles. The van der Waals surface area contributed by atoms with Crippen LogP contribution in [0.25, 0.3) is 32.9 Å². The summed E-state index contributed by atoms with van der Waals surface area (Å²) in [5.41, 5.74) is 4.34. The number of hydrogen-bond acceptors (Lipinski definition) is 6. The van der Waals surface area contributed by atoms with Gasteiger partial charge in [0.05, 0.1) is 11.3 Å². The molecule has 0 bridgehead atoms. The number of carbonyl (C=O) groups excluding carboxylic acids is 1. The lowest BCUT2D eigenvalue weighted by Crippen LogP contribution is -2.36. The van der Waals surface area contributed by atoms with Crippen LogP contribution in [0, 0.1) is 0 Å². The lowest BCUT2D eigenvalue weighted by atomic mass is 10.2. The van der Waals surface area contributed by atoms with Gasteiger partial charge in [0.2, 0.25) is 0 Å². The summed E-state index contributed by atoms with van der Waals surface area (Å²) in [4.78, 5) is 33.7. The van der Waals surface area contributed by atoms with E-state index in [0.29, 0.717) is 16.2 Å². The van der Waals surface area contributed by atoms with Gasteiger partial charge in [-0.25, -0.2) is 15.8 Å². The zero-order chi connectivity index (χ0) is 18.8. The fourth-order valence-electron chi connectivity index (χ4n) is 2.83. The van der Waals surface area contributed by atoms with Gasteiger partial charge < -0.3 is 0 Å². The van der Waals surface area contributed by atoms with Crippen molar-refractivity contribution >= 4 is 28.3 Å². The number of benzene rings is 1. The van der Waals surface area contributed by atoms with Crippen molar-refractivity contribution in [3.8, 4) is 21.8 Å². The minimum atomic E-state index is -0.481. The van der Waals surface area contributed by atoms with Gasteiger partial charge in [0, 0.05) is 22.5 Å². The standard InChI is InChI=1S/C19H15N5O2S/c20-23-16(25)10-24-17-13(7-4-8-21-17)9-14(19(24)26)18-22-15(11-27-18)12-5-2-1-3-6-12/h1-9,11H,10,20H2,(H,23,25). The smallest absolute Gasteiger partial charge is 0.263 e. The highest BCUT2D eigenvalue weighted by molar-refractivity contribution is 7.13. The number of hydrazine groups is 1. The fraction of sp³-hybridized carbons (Fsp3) is 0.0526. The zero-order valence-electron chi connectivity index (χ0n) is 14.1. The van der Waals surface area contributed by atoms with Gasteiger partial charge in [-0.1, -0.05) is 30.3 Å². The molecule has 4 rings (SSSR count). The molecule has 7 nitrogen and oxygen atoms in total. The van der Waals surface area contributed by atoms with Crippen LogP contribution < -0.4 is 16.8 Å². The molecule has 0 saturated heterocycles. The minimum absolute atomic E-state index is 0.215. The second-order valence-corrected chi connectivity index (χ2v) is 6.70. The van der Waals surface area contributed by atoms with E-state index in [9.17, 15) is 9.59 Å². The normalized spacial score (nSPS) is 10.9. The van der Waals surface area contributed by atoms with Crippen LogP contribution in [0.2, 0.25) is 0 Å². The molecule has 27 heavy (non-hydrogen) atoms. The van der Waals surface area contributed by atoms with Gasteiger partial charge in [-0.15, -0.1) is 11.3 Å². The molecule has 0 spiro atoms. The maximum Gasteiger partial charge on any atom is 0.263 e. The summed E-state index contributed by atoms with van der Waals surface area (Å²) in [6.45, 7) is -0.215. The Morgan fingerprint density at radius 3 is 2.78 bits per heavy atom. The van der Waals surface area contributed by atoms with Crippen LogP contribution in [0.1, 0.15) is 0 Å². The molecule has 8 heteroatoms. The van der Waals surface area contributed by atoms with Gasteiger partial charge in [-0.05, 0) is 18.2 Å². The average molecular weight is 377 g/mol. The molecule has 3 heterocycles. The van der Waals surface area contributed by atoms with Crippen molar-refractivity contribution in [3.05, 3.63) is 70.5 Å². The van der Waals surface area contributed by atoms with Crippen molar-refractivity contribution in [1.29, 1.82) is 0 Å². The number of fused-ring (bicyclic) bond motifs is 1. The molecule has 0 aliphatic heterocycles. The number of pyridine rings is 2. The second-order valence-electron chi connectivity index (χ2n) is 5.84. The monoisotopic (exact) mass is 377 g/mol. The molecule has 1 amide bonds. The second kappa shape index (κ2) is 7.10. The van der Waals surface area contributed by atoms with E-state index in [1.54, 1.807) is 18.3 Å². The van der Waals surface area contributed by atoms with Gasteiger partial charge >= 0.3 is 0 Å². The molecule has 3 aromatic heterocycles. The van der Waals surface area contributed by atoms with E-state index < -0.39 is 5.91 Å². The third-order valence-electron chi connectivity index (χ3n) is 4.11. The van der Waals surface area contributed by atoms with Crippen molar-refractivity contribution in [2.45, 2.75) is 6.54 Å². The number of nitrogens with two attached hydrogens (primary N) is 1. The number of aromatic nitrogens is 3. The van der Waals surface area contributed by atoms with E-state index in [-0.39, 0.29) is 12.1 Å². The number of carbonyl (C=O) groups is 1. The molecule has 134 valence electrons. The molecule has 1 aromatic carbocycles. The maximum atomic E-state index is 13.0. The third-order valence-corrected chi connectivity index (χ3v) is 4.99. The van der Waals surface area contributed by atoms with E-state index in [1.807, 2.05) is 41.8 Å². The summed E-state index contributed by atoms with van der Waals surface area (Å²) in [6.07, 6.45) is 1.58. The van der Waals surface area contributed by atoms with Gasteiger partial charge in [0.25, 0.3) is 11.5 Å². The summed E-state index contributed by atoms with van der Waals surface area (Å²) in [5.74, 6) is 4.70. The number of amides is 1. The summed E-state index contributed by atoms with van der Waals surface area (Å²) in [7, 11) is 0. The van der Waals surface area contributed by atoms with Gasteiger partial charge in [0.1, 0.15) is 17.2 Å². The van der Waals surface area contributed by atoms with Gasteiger partial charge in [-0.3, -0.25) is 19.6 Å². The SMILES string of the molecule is NNC(=O)Cn1c(=O)c(-c2nc(-c3ccccc3)cs2)cc2cccnc21. The predicted octanol–water partition coefficient (Wildman–Crippen LogP) is 2.18. The predicted molar refractivity (Wildman–Crippen MR) is 105 cm³/mol. The minimum Gasteiger partial charge on any atom is -0.293 e. The molecule has 0 radical (unpaired) electrons. The van der Waals surface area contributed by atoms with Crippen molar-refractivity contribution in [2.75, 3.05) is 0 Å². The van der Waals surface area contributed by atoms with E-state index in [4.69, 9.17) is 5.84 Å². The Hall–Kier alpha value is -3.36. The quantitative estimate of drug-likeness (QED) is 0.322. The Morgan fingerprint density at radius 2 is 2.00 bits per heavy atom. The van der Waals surface area contributed by atoms with Gasteiger partial charge in [-0.2, -0.15) is 0 Å². The van der Waals surface area contributed by atoms with Crippen LogP contribution >= 0.6 is 11.3 Å². The Bertz CT molecular complexity index is 1180. The van der Waals surface area contributed by atoms with Crippen LogP contribution in [0.3, 0.4) is 0 Å². The van der Waals surface area contributed by atoms with Crippen LogP contribution in [-0.4, -0.2) is 20.4 Å². The number of thiazole rings is 1. The van der Waals surface area contributed by atoms with Crippen molar-refractivity contribution < 1.29 is 4.79 Å². The summed E-state index contributed by atoms with van der Waals surface area (Å²) >= 11 is 1.38. The first-order valence-electron chi connectivity index (χ1n) is 8.16. The van der Waals surface area contributed by atoms with Crippen molar-refractivity contribution in [2.24, 2.45) is 5.84 Å². The lowest BCUT2D eigenvalue weighted by Gasteiger charge is -2.10. The van der Waals surface area contributed by atoms with E-state index in [0.717, 1.165) is 16.6 Å². The largest absolute Gasteiger partial charge is 0.293 e. The molecular weight excluding hydrogens is 362 g/mol. The Kier molecular flexibility index (Phi) is 4.49. The summed E-state index contributed by atoms with van der Waals surface area (Å²) < 4.78 is 1.32. The maximum absolute atomic E-state index is 13.0. The van der Waals surface area contributed by atoms with E-state index in [2.05, 4.69) is 15.4 Å². The first-order valence-corrected chi connectivity index (χ1v) is 9.04. The lowest BCUT2D eigenvalue weighted by molar-refractivity contribution is -0.121. The first kappa shape index (κ1) is 17.1. The van der Waals surface area contributed by atoms with Crippen LogP contribution in [0.4, 0.5) is 0 Å². The van der Waals surface area contributed by atoms with Crippen LogP contribution in [-0.2, 0) is 11.3 Å². The molecule has 0 unspecified atom stereocenters. The highest BCUT2D eigenvalue weighted by atomic mass is 32.1. The van der Waals surface area contributed by atoms with Gasteiger partial charge in [0.15, 0.2) is 0 Å². The number of hydrogen-bond donors (Lipinski definition) is 2. The molecule has 0 saturated carbocycles. The Morgan fingerprint density at radius 1 is 1.19 bits per heavy atom. The zero-order valence-corrected chi connectivity index (χ0v) is 14.9. The molecule has 0 aliphatic rings. The summed E-state index contributed by atoms with van der Waals surface area (Å²) in [6, 6.07) is 15.1. The van der Waals surface area contributed by atoms with E-state index in [1.165, 1.54) is 15.9 Å². The van der Waals surface area contributed by atoms with Crippen molar-refractivity contribution in [1.82, 2.24) is 20.0 Å². The number of rotatable bonds is 4. The topological polar surface area (TPSA) is 103 Å². The number of nitrogens with one attached hydrogen (secondary N) is 1. The van der Waals surface area contributed by atoms with Crippen LogP contribution in [0.15, 0.2) is 64.9 Å². The third kappa shape index (κ3) is 3.23. The average Bonchev–Trinajstić information content (AvgIpc) is 3.20. The fourth-order valence-corrected chi connectivity index (χ4v) is 3.67. The van der Waals surface area contributed by atoms with Crippen LogP contribution in [0.5, 0.6) is 0 Å². The highest BCUT2D eigenvalue weighted by Gasteiger charge is 2.16. The molecule has 3 N–H and O–H groups in total.